The van der Waals surface area contributed by atoms with Crippen LogP contribution in [0.4, 0.5) is 0 Å². The molecule has 1 heterocycles. The molecule has 1 aromatic rings. The smallest absolute Gasteiger partial charge is 0.192 e. The molecule has 19 heavy (non-hydrogen) atoms. The molecule has 4 heteroatoms. The van der Waals surface area contributed by atoms with Crippen molar-refractivity contribution in [2.45, 2.75) is 38.8 Å². The van der Waals surface area contributed by atoms with E-state index >= 15 is 0 Å². The van der Waals surface area contributed by atoms with Crippen LogP contribution in [-0.2, 0) is 6.42 Å². The Bertz CT molecular complexity index is 467. The Kier molecular flexibility index (Phi) is 3.69. The van der Waals surface area contributed by atoms with Crippen molar-refractivity contribution in [3.63, 3.8) is 0 Å². The third-order valence-electron chi connectivity index (χ3n) is 3.67. The van der Waals surface area contributed by atoms with Gasteiger partial charge in [0.15, 0.2) is 5.96 Å². The van der Waals surface area contributed by atoms with E-state index < -0.39 is 0 Å². The molecule has 1 aromatic carbocycles. The molecule has 4 nitrogen and oxygen atoms in total. The van der Waals surface area contributed by atoms with Crippen LogP contribution >= 0.6 is 0 Å². The van der Waals surface area contributed by atoms with Crippen LogP contribution in [0.3, 0.4) is 0 Å². The summed E-state index contributed by atoms with van der Waals surface area (Å²) < 4.78 is 5.19. The van der Waals surface area contributed by atoms with Crippen LogP contribution in [0, 0.1) is 0 Å². The monoisotopic (exact) mass is 261 g/mol. The Balaban J connectivity index is 2.16. The Morgan fingerprint density at radius 1 is 1.37 bits per heavy atom. The number of hydrogen-bond donors (Lipinski definition) is 1. The first-order valence-corrected chi connectivity index (χ1v) is 6.68. The number of ether oxygens (including phenoxy) is 1. The van der Waals surface area contributed by atoms with Gasteiger partial charge in [-0.3, -0.25) is 4.99 Å². The fourth-order valence-electron chi connectivity index (χ4n) is 2.89. The second kappa shape index (κ2) is 5.11. The van der Waals surface area contributed by atoms with E-state index in [1.165, 1.54) is 5.56 Å². The maximum Gasteiger partial charge on any atom is 0.192 e. The molecule has 2 N–H and O–H groups in total. The summed E-state index contributed by atoms with van der Waals surface area (Å²) in [6.45, 7) is 7.28. The summed E-state index contributed by atoms with van der Waals surface area (Å²) in [5, 5.41) is 0. The maximum absolute atomic E-state index is 6.01. The van der Waals surface area contributed by atoms with Crippen molar-refractivity contribution in [2.75, 3.05) is 13.7 Å². The zero-order valence-corrected chi connectivity index (χ0v) is 12.2. The highest BCUT2D eigenvalue weighted by Crippen LogP contribution is 2.28. The van der Waals surface area contributed by atoms with E-state index in [0.29, 0.717) is 12.0 Å². The SMILES string of the molecule is COc1ccc(CC2(C)CN=C(N)N2C(C)C)cc1. The van der Waals surface area contributed by atoms with Gasteiger partial charge in [-0.25, -0.2) is 0 Å². The van der Waals surface area contributed by atoms with Crippen molar-refractivity contribution in [3.05, 3.63) is 29.8 Å². The molecule has 0 saturated carbocycles. The lowest BCUT2D eigenvalue weighted by Gasteiger charge is -2.39. The maximum atomic E-state index is 6.01. The van der Waals surface area contributed by atoms with Gasteiger partial charge in [0.05, 0.1) is 19.2 Å². The zero-order valence-electron chi connectivity index (χ0n) is 12.2. The Morgan fingerprint density at radius 3 is 2.53 bits per heavy atom. The number of benzene rings is 1. The zero-order chi connectivity index (χ0) is 14.0. The van der Waals surface area contributed by atoms with Crippen molar-refractivity contribution in [3.8, 4) is 5.75 Å². The largest absolute Gasteiger partial charge is 0.497 e. The molecular formula is C15H23N3O. The molecule has 0 radical (unpaired) electrons. The van der Waals surface area contributed by atoms with Crippen molar-refractivity contribution in [1.82, 2.24) is 4.90 Å². The van der Waals surface area contributed by atoms with Gasteiger partial charge in [0, 0.05) is 6.04 Å². The summed E-state index contributed by atoms with van der Waals surface area (Å²) in [6, 6.07) is 8.57. The number of rotatable bonds is 4. The molecule has 0 amide bonds. The predicted molar refractivity (Wildman–Crippen MR) is 78.6 cm³/mol. The third kappa shape index (κ3) is 2.67. The Morgan fingerprint density at radius 2 is 2.00 bits per heavy atom. The highest BCUT2D eigenvalue weighted by molar-refractivity contribution is 5.81. The molecule has 1 atom stereocenters. The molecule has 0 aliphatic carbocycles. The van der Waals surface area contributed by atoms with E-state index in [1.807, 2.05) is 12.1 Å². The van der Waals surface area contributed by atoms with Gasteiger partial charge in [-0.05, 0) is 44.9 Å². The minimum absolute atomic E-state index is 0.0349. The molecule has 104 valence electrons. The van der Waals surface area contributed by atoms with Crippen LogP contribution in [0.25, 0.3) is 0 Å². The number of nitrogens with two attached hydrogens (primary N) is 1. The molecule has 0 bridgehead atoms. The lowest BCUT2D eigenvalue weighted by molar-refractivity contribution is 0.183. The minimum atomic E-state index is -0.0349. The van der Waals surface area contributed by atoms with Gasteiger partial charge < -0.3 is 15.4 Å². The predicted octanol–water partition coefficient (Wildman–Crippen LogP) is 2.04. The Labute approximate surface area is 115 Å². The molecule has 0 aromatic heterocycles. The van der Waals surface area contributed by atoms with Crippen molar-refractivity contribution < 1.29 is 4.74 Å². The molecule has 0 fully saturated rings. The average molecular weight is 261 g/mol. The number of methoxy groups -OCH3 is 1. The van der Waals surface area contributed by atoms with Gasteiger partial charge in [-0.15, -0.1) is 0 Å². The second-order valence-corrected chi connectivity index (χ2v) is 5.66. The van der Waals surface area contributed by atoms with Gasteiger partial charge in [0.1, 0.15) is 5.75 Å². The fraction of sp³-hybridized carbons (Fsp3) is 0.533. The lowest BCUT2D eigenvalue weighted by atomic mass is 9.91. The van der Waals surface area contributed by atoms with E-state index in [0.717, 1.165) is 18.7 Å². The summed E-state index contributed by atoms with van der Waals surface area (Å²) in [5.74, 6) is 1.54. The van der Waals surface area contributed by atoms with E-state index in [-0.39, 0.29) is 5.54 Å². The number of nitrogens with zero attached hydrogens (tertiary/aromatic N) is 2. The molecular weight excluding hydrogens is 238 g/mol. The van der Waals surface area contributed by atoms with Crippen LogP contribution in [0.15, 0.2) is 29.3 Å². The van der Waals surface area contributed by atoms with Crippen LogP contribution in [0.5, 0.6) is 5.75 Å². The van der Waals surface area contributed by atoms with E-state index in [2.05, 4.69) is 42.8 Å². The van der Waals surface area contributed by atoms with Crippen molar-refractivity contribution in [2.24, 2.45) is 10.7 Å². The van der Waals surface area contributed by atoms with Crippen molar-refractivity contribution in [1.29, 1.82) is 0 Å². The molecule has 2 rings (SSSR count). The van der Waals surface area contributed by atoms with Crippen LogP contribution in [-0.4, -0.2) is 36.1 Å². The highest BCUT2D eigenvalue weighted by atomic mass is 16.5. The lowest BCUT2D eigenvalue weighted by Crippen LogP contribution is -2.54. The average Bonchev–Trinajstić information content (AvgIpc) is 2.66. The minimum Gasteiger partial charge on any atom is -0.497 e. The molecule has 0 saturated heterocycles. The topological polar surface area (TPSA) is 50.9 Å². The van der Waals surface area contributed by atoms with E-state index in [9.17, 15) is 0 Å². The summed E-state index contributed by atoms with van der Waals surface area (Å²) in [5.41, 5.74) is 7.25. The summed E-state index contributed by atoms with van der Waals surface area (Å²) >= 11 is 0. The summed E-state index contributed by atoms with van der Waals surface area (Å²) in [6.07, 6.45) is 0.930. The summed E-state index contributed by atoms with van der Waals surface area (Å²) in [7, 11) is 1.68. The summed E-state index contributed by atoms with van der Waals surface area (Å²) in [4.78, 5) is 6.64. The molecule has 1 unspecified atom stereocenters. The third-order valence-corrected chi connectivity index (χ3v) is 3.67. The number of guanidine groups is 1. The number of hydrogen-bond acceptors (Lipinski definition) is 4. The Hall–Kier alpha value is -1.71. The normalized spacial score (nSPS) is 22.8. The van der Waals surface area contributed by atoms with Gasteiger partial charge >= 0.3 is 0 Å². The van der Waals surface area contributed by atoms with Crippen LogP contribution in [0.2, 0.25) is 0 Å². The first-order chi connectivity index (χ1) is 8.96. The molecule has 1 aliphatic heterocycles. The molecule has 0 spiro atoms. The first-order valence-electron chi connectivity index (χ1n) is 6.68. The molecule has 1 aliphatic rings. The fourth-order valence-corrected chi connectivity index (χ4v) is 2.89. The standard InChI is InChI=1S/C15H23N3O/c1-11(2)18-14(16)17-10-15(18,3)9-12-5-7-13(19-4)8-6-12/h5-8,11H,9-10H2,1-4H3,(H2,16,17). The highest BCUT2D eigenvalue weighted by Gasteiger charge is 2.39. The second-order valence-electron chi connectivity index (χ2n) is 5.66. The van der Waals surface area contributed by atoms with Gasteiger partial charge in [-0.2, -0.15) is 0 Å². The van der Waals surface area contributed by atoms with Gasteiger partial charge in [0.25, 0.3) is 0 Å². The van der Waals surface area contributed by atoms with E-state index in [4.69, 9.17) is 10.5 Å². The number of aliphatic imine (C=N–C) groups is 1. The van der Waals surface area contributed by atoms with Crippen LogP contribution in [0.1, 0.15) is 26.3 Å². The first kappa shape index (κ1) is 13.7. The van der Waals surface area contributed by atoms with Crippen molar-refractivity contribution >= 4 is 5.96 Å². The van der Waals surface area contributed by atoms with E-state index in [1.54, 1.807) is 7.11 Å². The quantitative estimate of drug-likeness (QED) is 0.902. The van der Waals surface area contributed by atoms with Gasteiger partial charge in [-0.1, -0.05) is 12.1 Å². The van der Waals surface area contributed by atoms with Crippen LogP contribution < -0.4 is 10.5 Å². The van der Waals surface area contributed by atoms with Gasteiger partial charge in [0.2, 0.25) is 0 Å².